The van der Waals surface area contributed by atoms with Crippen LogP contribution >= 0.6 is 22.9 Å². The van der Waals surface area contributed by atoms with E-state index < -0.39 is 6.04 Å². The normalized spacial score (nSPS) is 19.0. The molecule has 1 aromatic carbocycles. The Labute approximate surface area is 175 Å². The van der Waals surface area contributed by atoms with Crippen LogP contribution in [0.25, 0.3) is 6.08 Å². The van der Waals surface area contributed by atoms with Gasteiger partial charge in [0.25, 0.3) is 5.56 Å². The second kappa shape index (κ2) is 7.21. The molecule has 0 spiro atoms. The van der Waals surface area contributed by atoms with Gasteiger partial charge in [-0.3, -0.25) is 19.1 Å². The number of rotatable bonds is 2. The van der Waals surface area contributed by atoms with Crippen molar-refractivity contribution < 1.29 is 4.79 Å². The molecule has 7 heteroatoms. The average Bonchev–Trinajstić information content (AvgIpc) is 3.03. The smallest absolute Gasteiger partial charge is 0.271 e. The number of halogens is 1. The lowest BCUT2D eigenvalue weighted by atomic mass is 9.86. The van der Waals surface area contributed by atoms with Crippen LogP contribution in [0, 0.1) is 0 Å². The lowest BCUT2D eigenvalue weighted by Crippen LogP contribution is -2.40. The summed E-state index contributed by atoms with van der Waals surface area (Å²) in [6.07, 6.45) is 7.25. The number of aromatic nitrogens is 2. The lowest BCUT2D eigenvalue weighted by molar-refractivity contribution is -0.116. The monoisotopic (exact) mass is 421 g/mol. The minimum Gasteiger partial charge on any atom is -0.294 e. The number of fused-ring (bicyclic) bond motifs is 1. The average molecular weight is 422 g/mol. The highest BCUT2D eigenvalue weighted by Crippen LogP contribution is 2.36. The molecule has 2 aromatic heterocycles. The fraction of sp³-hybridized carbons (Fsp3) is 0.182. The van der Waals surface area contributed by atoms with Gasteiger partial charge in [0.1, 0.15) is 0 Å². The first-order valence-corrected chi connectivity index (χ1v) is 10.5. The summed E-state index contributed by atoms with van der Waals surface area (Å²) in [6, 6.07) is 10.6. The fourth-order valence-electron chi connectivity index (χ4n) is 3.88. The van der Waals surface area contributed by atoms with Crippen molar-refractivity contribution >= 4 is 34.8 Å². The van der Waals surface area contributed by atoms with Crippen LogP contribution in [-0.4, -0.2) is 15.3 Å². The second-order valence-corrected chi connectivity index (χ2v) is 8.50. The van der Waals surface area contributed by atoms with Crippen LogP contribution in [0.4, 0.5) is 0 Å². The molecule has 0 amide bonds. The zero-order valence-electron chi connectivity index (χ0n) is 15.3. The van der Waals surface area contributed by atoms with Crippen LogP contribution in [-0.2, 0) is 4.79 Å². The Morgan fingerprint density at radius 3 is 2.72 bits per heavy atom. The molecule has 144 valence electrons. The minimum absolute atomic E-state index is 0.0662. The third-order valence-corrected chi connectivity index (χ3v) is 6.43. The van der Waals surface area contributed by atoms with Crippen LogP contribution in [0.5, 0.6) is 0 Å². The molecule has 1 unspecified atom stereocenters. The Kier molecular flexibility index (Phi) is 4.53. The van der Waals surface area contributed by atoms with E-state index in [9.17, 15) is 9.59 Å². The molecule has 0 saturated heterocycles. The summed E-state index contributed by atoms with van der Waals surface area (Å²) >= 11 is 7.41. The van der Waals surface area contributed by atoms with Crippen molar-refractivity contribution in [2.45, 2.75) is 25.3 Å². The third-order valence-electron chi connectivity index (χ3n) is 5.20. The van der Waals surface area contributed by atoms with Crippen molar-refractivity contribution in [1.82, 2.24) is 9.55 Å². The van der Waals surface area contributed by atoms with Gasteiger partial charge in [0.05, 0.1) is 16.3 Å². The summed E-state index contributed by atoms with van der Waals surface area (Å²) in [5, 5.41) is 0.613. The number of pyridine rings is 1. The molecule has 0 fully saturated rings. The quantitative estimate of drug-likeness (QED) is 0.639. The number of nitrogens with zero attached hydrogens (tertiary/aromatic N) is 3. The summed E-state index contributed by atoms with van der Waals surface area (Å²) in [7, 11) is 0. The topological polar surface area (TPSA) is 64.3 Å². The molecule has 29 heavy (non-hydrogen) atoms. The van der Waals surface area contributed by atoms with Crippen molar-refractivity contribution in [3.63, 3.8) is 0 Å². The Balaban J connectivity index is 1.77. The van der Waals surface area contributed by atoms with E-state index in [0.717, 1.165) is 29.7 Å². The van der Waals surface area contributed by atoms with Gasteiger partial charge in [-0.25, -0.2) is 4.99 Å². The number of ketones is 1. The molecule has 5 nitrogen and oxygen atoms in total. The zero-order valence-corrected chi connectivity index (χ0v) is 16.9. The van der Waals surface area contributed by atoms with E-state index in [2.05, 4.69) is 4.98 Å². The molecule has 5 rings (SSSR count). The highest BCUT2D eigenvalue weighted by Gasteiger charge is 2.34. The van der Waals surface area contributed by atoms with E-state index in [0.29, 0.717) is 26.4 Å². The number of benzene rings is 1. The van der Waals surface area contributed by atoms with Crippen LogP contribution in [0.1, 0.15) is 36.4 Å². The Morgan fingerprint density at radius 2 is 1.97 bits per heavy atom. The zero-order chi connectivity index (χ0) is 20.0. The van der Waals surface area contributed by atoms with E-state index in [4.69, 9.17) is 16.6 Å². The van der Waals surface area contributed by atoms with Crippen molar-refractivity contribution in [3.8, 4) is 0 Å². The van der Waals surface area contributed by atoms with E-state index in [1.54, 1.807) is 29.1 Å². The molecule has 2 aliphatic rings. The van der Waals surface area contributed by atoms with Crippen molar-refractivity contribution in [1.29, 1.82) is 0 Å². The molecule has 3 aromatic rings. The van der Waals surface area contributed by atoms with Crippen molar-refractivity contribution in [3.05, 3.63) is 95.9 Å². The van der Waals surface area contributed by atoms with E-state index >= 15 is 0 Å². The van der Waals surface area contributed by atoms with Gasteiger partial charge in [0.15, 0.2) is 10.6 Å². The molecular formula is C22H16ClN3O2S. The standard InChI is InChI=1S/C22H16ClN3O2S/c23-15-8-6-14(7-9-15)20-19-16(4-1-5-17(19)27)25-22-26(20)21(28)18(29-22)11-13-3-2-10-24-12-13/h2-3,6-12,20H,1,4-5H2. The SMILES string of the molecule is O=C1CCCC2=C1C(c1ccc(Cl)cc1)n1c(sc(=Cc3cccnc3)c1=O)=N2. The fourth-order valence-corrected chi connectivity index (χ4v) is 5.03. The minimum atomic E-state index is -0.470. The Bertz CT molecular complexity index is 1320. The summed E-state index contributed by atoms with van der Waals surface area (Å²) in [4.78, 5) is 35.6. The van der Waals surface area contributed by atoms with Crippen LogP contribution < -0.4 is 14.9 Å². The molecule has 0 bridgehead atoms. The van der Waals surface area contributed by atoms with Gasteiger partial charge < -0.3 is 0 Å². The van der Waals surface area contributed by atoms with Gasteiger partial charge in [0.2, 0.25) is 0 Å². The van der Waals surface area contributed by atoms with Crippen LogP contribution in [0.2, 0.25) is 5.02 Å². The predicted molar refractivity (Wildman–Crippen MR) is 113 cm³/mol. The maximum Gasteiger partial charge on any atom is 0.271 e. The van der Waals surface area contributed by atoms with Gasteiger partial charge >= 0.3 is 0 Å². The van der Waals surface area contributed by atoms with Gasteiger partial charge in [-0.15, -0.1) is 0 Å². The molecular weight excluding hydrogens is 406 g/mol. The summed E-state index contributed by atoms with van der Waals surface area (Å²) < 4.78 is 2.22. The lowest BCUT2D eigenvalue weighted by Gasteiger charge is -2.28. The van der Waals surface area contributed by atoms with E-state index in [1.165, 1.54) is 11.3 Å². The molecule has 1 aliphatic carbocycles. The number of Topliss-reactive ketones (excluding diaryl/α,β-unsaturated/α-hetero) is 1. The van der Waals surface area contributed by atoms with Gasteiger partial charge in [-0.2, -0.15) is 0 Å². The first-order chi connectivity index (χ1) is 14.1. The third kappa shape index (κ3) is 3.18. The maximum atomic E-state index is 13.4. The highest BCUT2D eigenvalue weighted by atomic mass is 35.5. The molecule has 0 saturated carbocycles. The van der Waals surface area contributed by atoms with Crippen LogP contribution in [0.15, 0.2) is 69.8 Å². The number of hydrogen-bond acceptors (Lipinski definition) is 5. The summed E-state index contributed by atoms with van der Waals surface area (Å²) in [5.74, 6) is 0.0662. The van der Waals surface area contributed by atoms with Gasteiger partial charge in [-0.1, -0.05) is 41.1 Å². The first kappa shape index (κ1) is 18.2. The predicted octanol–water partition coefficient (Wildman–Crippen LogP) is 3.02. The second-order valence-electron chi connectivity index (χ2n) is 7.06. The van der Waals surface area contributed by atoms with Crippen molar-refractivity contribution in [2.24, 2.45) is 4.99 Å². The largest absolute Gasteiger partial charge is 0.294 e. The van der Waals surface area contributed by atoms with E-state index in [1.807, 2.05) is 30.3 Å². The first-order valence-electron chi connectivity index (χ1n) is 9.35. The summed E-state index contributed by atoms with van der Waals surface area (Å²) in [6.45, 7) is 0. The van der Waals surface area contributed by atoms with Crippen molar-refractivity contribution in [2.75, 3.05) is 0 Å². The highest BCUT2D eigenvalue weighted by molar-refractivity contribution is 7.07. The van der Waals surface area contributed by atoms with E-state index in [-0.39, 0.29) is 11.3 Å². The number of carbonyl (C=O) groups excluding carboxylic acids is 1. The number of allylic oxidation sites excluding steroid dienone is 2. The van der Waals surface area contributed by atoms with Gasteiger partial charge in [-0.05, 0) is 48.2 Å². The Morgan fingerprint density at radius 1 is 1.14 bits per heavy atom. The molecule has 0 N–H and O–H groups in total. The molecule has 1 atom stereocenters. The molecule has 0 radical (unpaired) electrons. The van der Waals surface area contributed by atoms with Gasteiger partial charge in [0, 0.05) is 29.4 Å². The molecule has 1 aliphatic heterocycles. The number of thiazole rings is 1. The number of carbonyl (C=O) groups is 1. The Hall–Kier alpha value is -2.83. The van der Waals surface area contributed by atoms with Crippen LogP contribution in [0.3, 0.4) is 0 Å². The summed E-state index contributed by atoms with van der Waals surface area (Å²) in [5.41, 5.74) is 3.00. The molecule has 3 heterocycles. The maximum absolute atomic E-state index is 13.4. The number of hydrogen-bond donors (Lipinski definition) is 0.